The van der Waals surface area contributed by atoms with Gasteiger partial charge in [0.15, 0.2) is 11.6 Å². The van der Waals surface area contributed by atoms with Crippen LogP contribution in [-0.2, 0) is 6.54 Å². The van der Waals surface area contributed by atoms with E-state index in [9.17, 15) is 23.5 Å². The largest absolute Gasteiger partial charge is 0.492 e. The van der Waals surface area contributed by atoms with Crippen LogP contribution in [0.3, 0.4) is 0 Å². The maximum absolute atomic E-state index is 15.2. The Morgan fingerprint density at radius 1 is 1.34 bits per heavy atom. The molecule has 1 aliphatic heterocycles. The first kappa shape index (κ1) is 24.2. The number of aryl methyl sites for hydroxylation is 1. The molecule has 2 atom stereocenters. The molecule has 2 aliphatic rings. The summed E-state index contributed by atoms with van der Waals surface area (Å²) in [4.78, 5) is 25.6. The molecule has 32 heavy (non-hydrogen) atoms. The van der Waals surface area contributed by atoms with Crippen LogP contribution in [0.15, 0.2) is 17.1 Å². The molecule has 2 aromatic rings. The molecule has 1 aromatic heterocycles. The zero-order chi connectivity index (χ0) is 22.3. The van der Waals surface area contributed by atoms with Gasteiger partial charge in [0.25, 0.3) is 0 Å². The summed E-state index contributed by atoms with van der Waals surface area (Å²) in [7, 11) is 1.28. The predicted molar refractivity (Wildman–Crippen MR) is 117 cm³/mol. The van der Waals surface area contributed by atoms with Gasteiger partial charge in [0.2, 0.25) is 5.43 Å². The number of carboxylic acid groups (broad SMARTS) is 1. The lowest BCUT2D eigenvalue weighted by molar-refractivity contribution is 0.0694. The Morgan fingerprint density at radius 3 is 2.66 bits per heavy atom. The first-order valence-corrected chi connectivity index (χ1v) is 10.2. The lowest BCUT2D eigenvalue weighted by atomic mass is 10.1. The highest BCUT2D eigenvalue weighted by atomic mass is 35.5. The smallest absolute Gasteiger partial charge is 0.341 e. The Kier molecular flexibility index (Phi) is 7.24. The van der Waals surface area contributed by atoms with Crippen molar-refractivity contribution in [2.75, 3.05) is 38.3 Å². The van der Waals surface area contributed by atoms with Gasteiger partial charge in [0.05, 0.1) is 24.6 Å². The molecule has 11 heteroatoms. The minimum Gasteiger partial charge on any atom is -0.492 e. The number of fused-ring (bicyclic) bond motifs is 1. The number of anilines is 1. The zero-order valence-corrected chi connectivity index (χ0v) is 18.3. The molecule has 0 radical (unpaired) electrons. The number of carboxylic acids is 1. The summed E-state index contributed by atoms with van der Waals surface area (Å²) in [6.07, 6.45) is 2.00. The van der Waals surface area contributed by atoms with Crippen LogP contribution in [0.2, 0.25) is 0 Å². The molecule has 0 bridgehead atoms. The Bertz CT molecular complexity index is 1080. The van der Waals surface area contributed by atoms with Crippen LogP contribution in [0.1, 0.15) is 23.2 Å². The lowest BCUT2D eigenvalue weighted by Gasteiger charge is -2.24. The summed E-state index contributed by atoms with van der Waals surface area (Å²) >= 11 is 0. The molecule has 2 unspecified atom stereocenters. The van der Waals surface area contributed by atoms with Gasteiger partial charge in [-0.05, 0) is 18.9 Å². The van der Waals surface area contributed by atoms with Crippen LogP contribution in [0.25, 0.3) is 10.9 Å². The number of halogens is 4. The molecule has 176 valence electrons. The van der Waals surface area contributed by atoms with E-state index in [0.717, 1.165) is 25.1 Å². The normalized spacial score (nSPS) is 20.4. The van der Waals surface area contributed by atoms with Crippen molar-refractivity contribution in [2.45, 2.75) is 31.6 Å². The standard InChI is InChI=1S/C21H24F3N3O4.ClH/c1-31-20-17-13(19(28)14(21(29)30)9-26(17)5-4-22)6-15(23)18(20)27-8-11(16(24)10-27)7-25-12-2-3-12;/h6,9,11-12,16,25H,2-5,7-8,10H2,1H3,(H,29,30);1H. The lowest BCUT2D eigenvalue weighted by Crippen LogP contribution is -2.30. The van der Waals surface area contributed by atoms with E-state index in [2.05, 4.69) is 5.32 Å². The van der Waals surface area contributed by atoms with E-state index in [4.69, 9.17) is 4.74 Å². The van der Waals surface area contributed by atoms with Gasteiger partial charge in [-0.3, -0.25) is 4.79 Å². The van der Waals surface area contributed by atoms with Gasteiger partial charge in [0.1, 0.15) is 24.1 Å². The Morgan fingerprint density at radius 2 is 2.06 bits per heavy atom. The van der Waals surface area contributed by atoms with Crippen LogP contribution in [0.4, 0.5) is 18.9 Å². The van der Waals surface area contributed by atoms with Crippen LogP contribution < -0.4 is 20.4 Å². The fraction of sp³-hybridized carbons (Fsp3) is 0.524. The Balaban J connectivity index is 0.00000289. The van der Waals surface area contributed by atoms with Gasteiger partial charge >= 0.3 is 5.97 Å². The topological polar surface area (TPSA) is 83.8 Å². The van der Waals surface area contributed by atoms with Gasteiger partial charge < -0.3 is 24.6 Å². The fourth-order valence-electron chi connectivity index (χ4n) is 4.21. The molecule has 2 heterocycles. The Hall–Kier alpha value is -2.46. The number of nitrogens with zero attached hydrogens (tertiary/aromatic N) is 2. The number of methoxy groups -OCH3 is 1. The maximum atomic E-state index is 15.2. The monoisotopic (exact) mass is 475 g/mol. The number of pyridine rings is 1. The van der Waals surface area contributed by atoms with Gasteiger partial charge in [-0.15, -0.1) is 12.4 Å². The quantitative estimate of drug-likeness (QED) is 0.611. The van der Waals surface area contributed by atoms with E-state index in [1.807, 2.05) is 0 Å². The van der Waals surface area contributed by atoms with E-state index >= 15 is 4.39 Å². The molecule has 1 saturated carbocycles. The summed E-state index contributed by atoms with van der Waals surface area (Å²) in [6.45, 7) is -0.402. The van der Waals surface area contributed by atoms with Crippen molar-refractivity contribution < 1.29 is 27.8 Å². The van der Waals surface area contributed by atoms with E-state index in [1.54, 1.807) is 0 Å². The third-order valence-electron chi connectivity index (χ3n) is 5.93. The van der Waals surface area contributed by atoms with Crippen molar-refractivity contribution in [3.63, 3.8) is 0 Å². The Labute approximate surface area is 188 Å². The third-order valence-corrected chi connectivity index (χ3v) is 5.93. The van der Waals surface area contributed by atoms with Gasteiger partial charge in [-0.2, -0.15) is 0 Å². The van der Waals surface area contributed by atoms with Gasteiger partial charge in [-0.1, -0.05) is 0 Å². The van der Waals surface area contributed by atoms with Crippen LogP contribution in [0, 0.1) is 11.7 Å². The predicted octanol–water partition coefficient (Wildman–Crippen LogP) is 2.77. The number of aromatic nitrogens is 1. The number of aromatic carboxylic acids is 1. The molecular weight excluding hydrogens is 451 g/mol. The van der Waals surface area contributed by atoms with Gasteiger partial charge in [0, 0.05) is 37.8 Å². The zero-order valence-electron chi connectivity index (χ0n) is 17.4. The van der Waals surface area contributed by atoms with E-state index < -0.39 is 35.6 Å². The maximum Gasteiger partial charge on any atom is 0.341 e. The average molecular weight is 476 g/mol. The number of benzene rings is 1. The molecule has 2 N–H and O–H groups in total. The number of carbonyl (C=O) groups is 1. The van der Waals surface area contributed by atoms with E-state index in [-0.39, 0.29) is 60.3 Å². The minimum absolute atomic E-state index is 0. The average Bonchev–Trinajstić information content (AvgIpc) is 3.49. The first-order chi connectivity index (χ1) is 14.8. The molecule has 1 aromatic carbocycles. The first-order valence-electron chi connectivity index (χ1n) is 10.2. The molecule has 1 saturated heterocycles. The number of hydrogen-bond acceptors (Lipinski definition) is 5. The van der Waals surface area contributed by atoms with Crippen molar-refractivity contribution in [1.82, 2.24) is 9.88 Å². The van der Waals surface area contributed by atoms with E-state index in [0.29, 0.717) is 12.6 Å². The van der Waals surface area contributed by atoms with Crippen molar-refractivity contribution in [3.8, 4) is 5.75 Å². The second kappa shape index (κ2) is 9.58. The molecule has 0 spiro atoms. The number of hydrogen-bond donors (Lipinski definition) is 2. The molecule has 4 rings (SSSR count). The highest BCUT2D eigenvalue weighted by molar-refractivity contribution is 5.97. The van der Waals surface area contributed by atoms with Crippen molar-refractivity contribution in [1.29, 1.82) is 0 Å². The van der Waals surface area contributed by atoms with Crippen LogP contribution in [-0.4, -0.2) is 61.3 Å². The number of nitrogens with one attached hydrogen (secondary N) is 1. The SMILES string of the molecule is COc1c(N2CC(F)C(CNC3CC3)C2)c(F)cc2c(=O)c(C(=O)O)cn(CCF)c12.Cl. The second-order valence-electron chi connectivity index (χ2n) is 8.06. The fourth-order valence-corrected chi connectivity index (χ4v) is 4.21. The molecule has 0 amide bonds. The van der Waals surface area contributed by atoms with Crippen molar-refractivity contribution >= 4 is 35.0 Å². The van der Waals surface area contributed by atoms with Crippen molar-refractivity contribution in [3.05, 3.63) is 33.9 Å². The van der Waals surface area contributed by atoms with E-state index in [1.165, 1.54) is 16.6 Å². The summed E-state index contributed by atoms with van der Waals surface area (Å²) in [5, 5.41) is 12.4. The van der Waals surface area contributed by atoms with Gasteiger partial charge in [-0.25, -0.2) is 18.0 Å². The summed E-state index contributed by atoms with van der Waals surface area (Å²) in [5.74, 6) is -2.68. The minimum atomic E-state index is -1.49. The molecular formula is C21H25ClF3N3O4. The van der Waals surface area contributed by atoms with Crippen LogP contribution >= 0.6 is 12.4 Å². The van der Waals surface area contributed by atoms with Crippen LogP contribution in [0.5, 0.6) is 5.75 Å². The van der Waals surface area contributed by atoms with Crippen molar-refractivity contribution in [2.24, 2.45) is 5.92 Å². The second-order valence-corrected chi connectivity index (χ2v) is 8.06. The molecule has 2 fully saturated rings. The molecule has 1 aliphatic carbocycles. The third kappa shape index (κ3) is 4.38. The molecule has 7 nitrogen and oxygen atoms in total. The number of ether oxygens (including phenoxy) is 1. The number of rotatable bonds is 8. The summed E-state index contributed by atoms with van der Waals surface area (Å²) < 4.78 is 49.7. The number of alkyl halides is 2. The summed E-state index contributed by atoms with van der Waals surface area (Å²) in [5.41, 5.74) is -1.41. The summed E-state index contributed by atoms with van der Waals surface area (Å²) in [6, 6.07) is 1.35. The highest BCUT2D eigenvalue weighted by Crippen LogP contribution is 2.40. The highest BCUT2D eigenvalue weighted by Gasteiger charge is 2.37.